The summed E-state index contributed by atoms with van der Waals surface area (Å²) in [4.78, 5) is 15.1. The van der Waals surface area contributed by atoms with Crippen LogP contribution in [-0.4, -0.2) is 48.5 Å². The van der Waals surface area contributed by atoms with Gasteiger partial charge < -0.3 is 15.2 Å². The average molecular weight is 293 g/mol. The summed E-state index contributed by atoms with van der Waals surface area (Å²) >= 11 is 0. The van der Waals surface area contributed by atoms with Crippen molar-refractivity contribution in [1.29, 1.82) is 0 Å². The zero-order valence-electron chi connectivity index (χ0n) is 12.6. The number of hydrogen-bond donors (Lipinski definition) is 2. The van der Waals surface area contributed by atoms with Gasteiger partial charge in [0.1, 0.15) is 5.69 Å². The minimum atomic E-state index is -0.412. The summed E-state index contributed by atoms with van der Waals surface area (Å²) in [5.74, 6) is 6.13. The van der Waals surface area contributed by atoms with E-state index in [0.717, 1.165) is 25.2 Å². The Morgan fingerprint density at radius 2 is 2.33 bits per heavy atom. The number of benzene rings is 1. The van der Waals surface area contributed by atoms with E-state index in [1.165, 1.54) is 12.5 Å². The second-order valence-electron chi connectivity index (χ2n) is 5.83. The Hall–Kier alpha value is -1.70. The zero-order valence-corrected chi connectivity index (χ0v) is 12.6. The van der Waals surface area contributed by atoms with Crippen LogP contribution in [0.15, 0.2) is 18.2 Å². The Morgan fingerprint density at radius 3 is 2.90 bits per heavy atom. The molecule has 0 amide bonds. The second kappa shape index (κ2) is 6.84. The van der Waals surface area contributed by atoms with Crippen LogP contribution in [0, 0.1) is 16.0 Å². The van der Waals surface area contributed by atoms with E-state index in [4.69, 9.17) is 5.84 Å². The molecule has 0 aliphatic carbocycles. The fraction of sp³-hybridized carbons (Fsp3) is 0.571. The van der Waals surface area contributed by atoms with Crippen molar-refractivity contribution in [3.05, 3.63) is 33.9 Å². The summed E-state index contributed by atoms with van der Waals surface area (Å²) in [6.07, 6.45) is 1.21. The van der Waals surface area contributed by atoms with E-state index < -0.39 is 4.92 Å². The molecule has 1 atom stereocenters. The number of nitro benzene ring substituents is 1. The van der Waals surface area contributed by atoms with Crippen molar-refractivity contribution < 1.29 is 4.92 Å². The number of nitro groups is 1. The number of likely N-dealkylation sites (tertiary alicyclic amines) is 1. The third-order valence-electron chi connectivity index (χ3n) is 3.97. The molecular formula is C14H23N5O2. The van der Waals surface area contributed by atoms with Crippen molar-refractivity contribution in [3.8, 4) is 0 Å². The predicted octanol–water partition coefficient (Wildman–Crippen LogP) is 1.26. The van der Waals surface area contributed by atoms with Gasteiger partial charge in [0.15, 0.2) is 0 Å². The summed E-state index contributed by atoms with van der Waals surface area (Å²) in [5.41, 5.74) is 3.74. The lowest BCUT2D eigenvalue weighted by molar-refractivity contribution is -0.384. The van der Waals surface area contributed by atoms with Gasteiger partial charge in [-0.05, 0) is 38.5 Å². The van der Waals surface area contributed by atoms with E-state index in [9.17, 15) is 10.1 Å². The second-order valence-corrected chi connectivity index (χ2v) is 5.83. The van der Waals surface area contributed by atoms with Gasteiger partial charge in [0.2, 0.25) is 0 Å². The molecule has 3 N–H and O–H groups in total. The van der Waals surface area contributed by atoms with Crippen molar-refractivity contribution >= 4 is 11.4 Å². The number of hydrogen-bond acceptors (Lipinski definition) is 6. The highest BCUT2D eigenvalue weighted by Crippen LogP contribution is 2.28. The quantitative estimate of drug-likeness (QED) is 0.466. The Morgan fingerprint density at radius 1 is 1.57 bits per heavy atom. The van der Waals surface area contributed by atoms with Crippen molar-refractivity contribution in [3.63, 3.8) is 0 Å². The molecule has 0 spiro atoms. The molecule has 1 heterocycles. The topological polar surface area (TPSA) is 87.7 Å². The molecule has 2 rings (SSSR count). The van der Waals surface area contributed by atoms with Gasteiger partial charge >= 0.3 is 0 Å². The molecule has 0 saturated carbocycles. The predicted molar refractivity (Wildman–Crippen MR) is 82.8 cm³/mol. The molecule has 1 fully saturated rings. The highest BCUT2D eigenvalue weighted by molar-refractivity contribution is 5.65. The van der Waals surface area contributed by atoms with Crippen LogP contribution in [0.2, 0.25) is 0 Å². The minimum absolute atomic E-state index is 0.0176. The molecule has 0 aromatic heterocycles. The van der Waals surface area contributed by atoms with Gasteiger partial charge in [0.25, 0.3) is 5.69 Å². The summed E-state index contributed by atoms with van der Waals surface area (Å²) in [5, 5.41) is 11.0. The summed E-state index contributed by atoms with van der Waals surface area (Å²) in [6, 6.07) is 5.04. The van der Waals surface area contributed by atoms with E-state index in [2.05, 4.69) is 22.3 Å². The zero-order chi connectivity index (χ0) is 15.4. The van der Waals surface area contributed by atoms with Gasteiger partial charge in [-0.2, -0.15) is 0 Å². The summed E-state index contributed by atoms with van der Waals surface area (Å²) in [7, 11) is 4.18. The molecular weight excluding hydrogens is 270 g/mol. The van der Waals surface area contributed by atoms with E-state index in [1.807, 2.05) is 13.1 Å². The normalized spacial score (nSPS) is 19.1. The molecule has 7 nitrogen and oxygen atoms in total. The lowest BCUT2D eigenvalue weighted by Crippen LogP contribution is -2.27. The van der Waals surface area contributed by atoms with Crippen LogP contribution < -0.4 is 11.3 Å². The first kappa shape index (κ1) is 15.7. The lowest BCUT2D eigenvalue weighted by Gasteiger charge is -2.22. The van der Waals surface area contributed by atoms with Gasteiger partial charge in [-0.3, -0.25) is 16.0 Å². The molecule has 0 bridgehead atoms. The number of rotatable bonds is 6. The summed E-state index contributed by atoms with van der Waals surface area (Å²) < 4.78 is 0. The number of nitrogens with zero attached hydrogens (tertiary/aromatic N) is 3. The SMILES string of the molecule is CN1CCC(CN(C)Cc2cccc([N+](=O)[O-])c2NN)C1. The molecule has 1 aliphatic rings. The van der Waals surface area contributed by atoms with Crippen LogP contribution in [0.5, 0.6) is 0 Å². The number of anilines is 1. The Kier molecular flexibility index (Phi) is 5.11. The smallest absolute Gasteiger partial charge is 0.293 e. The Balaban J connectivity index is 2.04. The van der Waals surface area contributed by atoms with Crippen LogP contribution in [0.1, 0.15) is 12.0 Å². The molecule has 1 unspecified atom stereocenters. The molecule has 7 heteroatoms. The Labute approximate surface area is 124 Å². The molecule has 116 valence electrons. The Bertz CT molecular complexity index is 508. The molecule has 21 heavy (non-hydrogen) atoms. The van der Waals surface area contributed by atoms with Gasteiger partial charge in [0.05, 0.1) is 4.92 Å². The first-order chi connectivity index (χ1) is 10.0. The largest absolute Gasteiger partial charge is 0.318 e. The van der Waals surface area contributed by atoms with Gasteiger partial charge in [0, 0.05) is 25.7 Å². The van der Waals surface area contributed by atoms with Gasteiger partial charge in [-0.15, -0.1) is 0 Å². The van der Waals surface area contributed by atoms with Crippen LogP contribution in [0.3, 0.4) is 0 Å². The molecule has 0 radical (unpaired) electrons. The van der Waals surface area contributed by atoms with Crippen molar-refractivity contribution in [2.24, 2.45) is 11.8 Å². The first-order valence-corrected chi connectivity index (χ1v) is 7.11. The van der Waals surface area contributed by atoms with E-state index in [0.29, 0.717) is 18.2 Å². The minimum Gasteiger partial charge on any atom is -0.318 e. The van der Waals surface area contributed by atoms with Crippen LogP contribution in [-0.2, 0) is 6.54 Å². The lowest BCUT2D eigenvalue weighted by atomic mass is 10.1. The van der Waals surface area contributed by atoms with Crippen molar-refractivity contribution in [1.82, 2.24) is 9.80 Å². The van der Waals surface area contributed by atoms with Crippen molar-refractivity contribution in [2.45, 2.75) is 13.0 Å². The average Bonchev–Trinajstić information content (AvgIpc) is 2.83. The van der Waals surface area contributed by atoms with Gasteiger partial charge in [-0.1, -0.05) is 12.1 Å². The molecule has 1 saturated heterocycles. The third kappa shape index (κ3) is 3.90. The molecule has 1 aliphatic heterocycles. The van der Waals surface area contributed by atoms with E-state index >= 15 is 0 Å². The fourth-order valence-electron chi connectivity index (χ4n) is 3.01. The number of hydrazine groups is 1. The maximum atomic E-state index is 11.0. The summed E-state index contributed by atoms with van der Waals surface area (Å²) in [6.45, 7) is 3.88. The van der Waals surface area contributed by atoms with Crippen LogP contribution in [0.25, 0.3) is 0 Å². The monoisotopic (exact) mass is 293 g/mol. The fourth-order valence-corrected chi connectivity index (χ4v) is 3.01. The highest BCUT2D eigenvalue weighted by atomic mass is 16.6. The number of nitrogens with two attached hydrogens (primary N) is 1. The maximum Gasteiger partial charge on any atom is 0.293 e. The van der Waals surface area contributed by atoms with Crippen LogP contribution in [0.4, 0.5) is 11.4 Å². The first-order valence-electron chi connectivity index (χ1n) is 7.11. The van der Waals surface area contributed by atoms with E-state index in [-0.39, 0.29) is 5.69 Å². The number of nitrogen functional groups attached to an aromatic ring is 1. The molecule has 1 aromatic carbocycles. The van der Waals surface area contributed by atoms with Gasteiger partial charge in [-0.25, -0.2) is 0 Å². The van der Waals surface area contributed by atoms with Crippen LogP contribution >= 0.6 is 0 Å². The third-order valence-corrected chi connectivity index (χ3v) is 3.97. The van der Waals surface area contributed by atoms with E-state index in [1.54, 1.807) is 6.07 Å². The van der Waals surface area contributed by atoms with Crippen molar-refractivity contribution in [2.75, 3.05) is 39.2 Å². The number of nitrogens with one attached hydrogen (secondary N) is 1. The standard InChI is InChI=1S/C14H23N5O2/c1-17-7-6-11(8-17)9-18(2)10-12-4-3-5-13(19(20)21)14(12)16-15/h3-5,11,16H,6-10,15H2,1-2H3. The highest BCUT2D eigenvalue weighted by Gasteiger charge is 2.22. The number of para-hydroxylation sites is 1. The maximum absolute atomic E-state index is 11.0. The molecule has 1 aromatic rings.